The molecule has 1 aromatic rings. The van der Waals surface area contributed by atoms with Gasteiger partial charge in [0.05, 0.1) is 7.11 Å². The molecule has 1 aromatic carbocycles. The van der Waals surface area contributed by atoms with Gasteiger partial charge in [0.15, 0.2) is 11.5 Å². The molecule has 0 bridgehead atoms. The van der Waals surface area contributed by atoms with E-state index in [1.165, 1.54) is 0 Å². The molecule has 0 radical (unpaired) electrons. The zero-order valence-corrected chi connectivity index (χ0v) is 11.5. The third-order valence-electron chi connectivity index (χ3n) is 3.04. The van der Waals surface area contributed by atoms with Gasteiger partial charge in [-0.1, -0.05) is 12.1 Å². The number of hydrogen-bond donors (Lipinski definition) is 1. The molecule has 1 aliphatic heterocycles. The van der Waals surface area contributed by atoms with Gasteiger partial charge in [-0.25, -0.2) is 0 Å². The third kappa shape index (κ3) is 4.05. The lowest BCUT2D eigenvalue weighted by molar-refractivity contribution is 0.229. The second-order valence-electron chi connectivity index (χ2n) is 4.35. The highest BCUT2D eigenvalue weighted by Crippen LogP contribution is 2.25. The number of nitrogens with two attached hydrogens (primary N) is 1. The van der Waals surface area contributed by atoms with Crippen LogP contribution in [0.1, 0.15) is 6.42 Å². The molecule has 1 aliphatic rings. The molecule has 5 heteroatoms. The zero-order valence-electron chi connectivity index (χ0n) is 10.7. The van der Waals surface area contributed by atoms with Crippen molar-refractivity contribution in [3.05, 3.63) is 24.3 Å². The number of hydrogen-bond acceptors (Lipinski definition) is 4. The zero-order chi connectivity index (χ0) is 12.1. The van der Waals surface area contributed by atoms with E-state index in [9.17, 15) is 0 Å². The van der Waals surface area contributed by atoms with Gasteiger partial charge in [0.2, 0.25) is 0 Å². The fraction of sp³-hybridized carbons (Fsp3) is 0.538. The molecule has 0 amide bonds. The van der Waals surface area contributed by atoms with Crippen molar-refractivity contribution in [2.75, 3.05) is 33.4 Å². The fourth-order valence-corrected chi connectivity index (χ4v) is 2.09. The minimum atomic E-state index is 0. The highest BCUT2D eigenvalue weighted by atomic mass is 35.5. The molecule has 2 N–H and O–H groups in total. The first-order chi connectivity index (χ1) is 8.29. The summed E-state index contributed by atoms with van der Waals surface area (Å²) >= 11 is 0. The topological polar surface area (TPSA) is 47.7 Å². The van der Waals surface area contributed by atoms with Gasteiger partial charge in [-0.05, 0) is 25.1 Å². The molecule has 1 fully saturated rings. The van der Waals surface area contributed by atoms with Gasteiger partial charge < -0.3 is 15.2 Å². The molecule has 1 saturated heterocycles. The maximum absolute atomic E-state index is 5.85. The Kier molecular flexibility index (Phi) is 6.25. The second-order valence-corrected chi connectivity index (χ2v) is 4.35. The van der Waals surface area contributed by atoms with Gasteiger partial charge in [-0.2, -0.15) is 0 Å². The molecule has 18 heavy (non-hydrogen) atoms. The predicted molar refractivity (Wildman–Crippen MR) is 74.8 cm³/mol. The van der Waals surface area contributed by atoms with E-state index in [0.29, 0.717) is 12.6 Å². The molecule has 1 heterocycles. The summed E-state index contributed by atoms with van der Waals surface area (Å²) in [6.07, 6.45) is 1.09. The van der Waals surface area contributed by atoms with E-state index in [0.717, 1.165) is 37.6 Å². The lowest BCUT2D eigenvalue weighted by Gasteiger charge is -2.16. The number of rotatable bonds is 5. The van der Waals surface area contributed by atoms with E-state index in [1.807, 2.05) is 24.3 Å². The van der Waals surface area contributed by atoms with Crippen molar-refractivity contribution in [3.8, 4) is 11.5 Å². The largest absolute Gasteiger partial charge is 0.493 e. The van der Waals surface area contributed by atoms with Crippen LogP contribution in [0.3, 0.4) is 0 Å². The van der Waals surface area contributed by atoms with E-state index in [-0.39, 0.29) is 12.4 Å². The van der Waals surface area contributed by atoms with Crippen LogP contribution in [0, 0.1) is 0 Å². The molecule has 0 spiro atoms. The summed E-state index contributed by atoms with van der Waals surface area (Å²) in [6, 6.07) is 8.05. The van der Waals surface area contributed by atoms with E-state index < -0.39 is 0 Å². The number of methoxy groups -OCH3 is 1. The maximum atomic E-state index is 5.85. The van der Waals surface area contributed by atoms with Crippen molar-refractivity contribution in [2.45, 2.75) is 12.5 Å². The van der Waals surface area contributed by atoms with Crippen LogP contribution in [0.2, 0.25) is 0 Å². The first-order valence-electron chi connectivity index (χ1n) is 6.03. The van der Waals surface area contributed by atoms with Crippen molar-refractivity contribution >= 4 is 12.4 Å². The van der Waals surface area contributed by atoms with Gasteiger partial charge >= 0.3 is 0 Å². The molecule has 4 nitrogen and oxygen atoms in total. The Labute approximate surface area is 114 Å². The smallest absolute Gasteiger partial charge is 0.161 e. The average molecular weight is 273 g/mol. The minimum Gasteiger partial charge on any atom is -0.493 e. The summed E-state index contributed by atoms with van der Waals surface area (Å²) in [5, 5.41) is 0. The van der Waals surface area contributed by atoms with Crippen LogP contribution >= 0.6 is 12.4 Å². The lowest BCUT2D eigenvalue weighted by Crippen LogP contribution is -2.29. The molecular formula is C13H21ClN2O2. The first kappa shape index (κ1) is 15.1. The second kappa shape index (κ2) is 7.46. The van der Waals surface area contributed by atoms with Crippen molar-refractivity contribution < 1.29 is 9.47 Å². The Morgan fingerprint density at radius 3 is 2.67 bits per heavy atom. The number of halogens is 1. The quantitative estimate of drug-likeness (QED) is 0.883. The Hall–Kier alpha value is -0.970. The molecule has 0 saturated carbocycles. The van der Waals surface area contributed by atoms with Crippen LogP contribution < -0.4 is 15.2 Å². The predicted octanol–water partition coefficient (Wildman–Crippen LogP) is 1.53. The summed E-state index contributed by atoms with van der Waals surface area (Å²) in [6.45, 7) is 3.66. The Bertz CT molecular complexity index is 363. The van der Waals surface area contributed by atoms with Crippen LogP contribution in [0.25, 0.3) is 0 Å². The van der Waals surface area contributed by atoms with E-state index in [2.05, 4.69) is 4.90 Å². The van der Waals surface area contributed by atoms with Crippen LogP contribution in [-0.4, -0.2) is 44.3 Å². The summed E-state index contributed by atoms with van der Waals surface area (Å²) in [5.74, 6) is 1.59. The van der Waals surface area contributed by atoms with Gasteiger partial charge in [-0.15, -0.1) is 12.4 Å². The molecule has 102 valence electrons. The van der Waals surface area contributed by atoms with Gasteiger partial charge in [0.25, 0.3) is 0 Å². The Morgan fingerprint density at radius 1 is 1.33 bits per heavy atom. The Balaban J connectivity index is 0.00000162. The maximum Gasteiger partial charge on any atom is 0.161 e. The Morgan fingerprint density at radius 2 is 2.06 bits per heavy atom. The standard InChI is InChI=1S/C13H20N2O2.ClH/c1-16-12-4-2-3-5-13(12)17-9-8-15-7-6-11(14)10-15;/h2-5,11H,6-10,14H2,1H3;1H. The number of benzene rings is 1. The monoisotopic (exact) mass is 272 g/mol. The van der Waals surface area contributed by atoms with Crippen molar-refractivity contribution in [3.63, 3.8) is 0 Å². The van der Waals surface area contributed by atoms with Crippen molar-refractivity contribution in [1.82, 2.24) is 4.90 Å². The van der Waals surface area contributed by atoms with Crippen LogP contribution in [0.5, 0.6) is 11.5 Å². The molecular weight excluding hydrogens is 252 g/mol. The van der Waals surface area contributed by atoms with Crippen LogP contribution in [-0.2, 0) is 0 Å². The summed E-state index contributed by atoms with van der Waals surface area (Å²) in [4.78, 5) is 2.33. The minimum absolute atomic E-state index is 0. The molecule has 2 rings (SSSR count). The van der Waals surface area contributed by atoms with E-state index in [1.54, 1.807) is 7.11 Å². The van der Waals surface area contributed by atoms with Crippen molar-refractivity contribution in [1.29, 1.82) is 0 Å². The SMILES string of the molecule is COc1ccccc1OCCN1CCC(N)C1.Cl. The highest BCUT2D eigenvalue weighted by molar-refractivity contribution is 5.85. The van der Waals surface area contributed by atoms with E-state index in [4.69, 9.17) is 15.2 Å². The molecule has 0 aromatic heterocycles. The molecule has 1 unspecified atom stereocenters. The fourth-order valence-electron chi connectivity index (χ4n) is 2.09. The van der Waals surface area contributed by atoms with Crippen LogP contribution in [0.15, 0.2) is 24.3 Å². The molecule has 1 atom stereocenters. The van der Waals surface area contributed by atoms with Gasteiger partial charge in [0, 0.05) is 19.1 Å². The van der Waals surface area contributed by atoms with Crippen LogP contribution in [0.4, 0.5) is 0 Å². The van der Waals surface area contributed by atoms with Gasteiger partial charge in [0.1, 0.15) is 6.61 Å². The number of ether oxygens (including phenoxy) is 2. The van der Waals surface area contributed by atoms with Gasteiger partial charge in [-0.3, -0.25) is 4.90 Å². The number of para-hydroxylation sites is 2. The number of nitrogens with zero attached hydrogens (tertiary/aromatic N) is 1. The first-order valence-corrected chi connectivity index (χ1v) is 6.03. The van der Waals surface area contributed by atoms with E-state index >= 15 is 0 Å². The summed E-state index contributed by atoms with van der Waals surface area (Å²) in [7, 11) is 1.65. The summed E-state index contributed by atoms with van der Waals surface area (Å²) < 4.78 is 10.9. The third-order valence-corrected chi connectivity index (χ3v) is 3.04. The van der Waals surface area contributed by atoms with Crippen molar-refractivity contribution in [2.24, 2.45) is 5.73 Å². The normalized spacial score (nSPS) is 19.3. The summed E-state index contributed by atoms with van der Waals surface area (Å²) in [5.41, 5.74) is 5.85. The highest BCUT2D eigenvalue weighted by Gasteiger charge is 2.18. The number of likely N-dealkylation sites (tertiary alicyclic amines) is 1. The average Bonchev–Trinajstić information content (AvgIpc) is 2.76. The molecule has 0 aliphatic carbocycles. The lowest BCUT2D eigenvalue weighted by atomic mass is 10.3.